The quantitative estimate of drug-likeness (QED) is 0.596. The number of rotatable bonds is 1. The number of carbonyl (C=O) groups excluding carboxylic acids is 1. The molecular formula is C10H18N2O. The van der Waals surface area contributed by atoms with Crippen LogP contribution in [0.5, 0.6) is 0 Å². The first-order valence-corrected chi connectivity index (χ1v) is 5.12. The van der Waals surface area contributed by atoms with E-state index in [4.69, 9.17) is 0 Å². The Kier molecular flexibility index (Phi) is 2.06. The van der Waals surface area contributed by atoms with E-state index in [-0.39, 0.29) is 0 Å². The van der Waals surface area contributed by atoms with Crippen LogP contribution in [0, 0.1) is 0 Å². The van der Waals surface area contributed by atoms with Gasteiger partial charge in [0.05, 0.1) is 0 Å². The molecule has 2 fully saturated rings. The minimum atomic E-state index is 0.320. The van der Waals surface area contributed by atoms with Gasteiger partial charge in [0.2, 0.25) is 5.91 Å². The highest BCUT2D eigenvalue weighted by atomic mass is 16.2. The van der Waals surface area contributed by atoms with Crippen LogP contribution in [0.4, 0.5) is 0 Å². The van der Waals surface area contributed by atoms with Gasteiger partial charge >= 0.3 is 0 Å². The van der Waals surface area contributed by atoms with Gasteiger partial charge in [-0.3, -0.25) is 9.69 Å². The zero-order valence-electron chi connectivity index (χ0n) is 8.66. The molecule has 0 aromatic heterocycles. The zero-order valence-corrected chi connectivity index (χ0v) is 8.66. The molecule has 0 saturated carbocycles. The molecule has 74 valence electrons. The summed E-state index contributed by atoms with van der Waals surface area (Å²) in [6, 6.07) is 1.57. The molecule has 3 heteroatoms. The monoisotopic (exact) mass is 182 g/mol. The standard InChI is InChI=1S/C10H18N2O/c1-7(2)12-5-4-8-9(12)6-10(13)11(8)3/h7-9H,4-6H2,1-3H3. The largest absolute Gasteiger partial charge is 0.341 e. The summed E-state index contributed by atoms with van der Waals surface area (Å²) in [5.41, 5.74) is 0. The Bertz CT molecular complexity index is 227. The van der Waals surface area contributed by atoms with Gasteiger partial charge in [0.1, 0.15) is 0 Å². The predicted octanol–water partition coefficient (Wildman–Crippen LogP) is 0.700. The summed E-state index contributed by atoms with van der Waals surface area (Å²) in [5.74, 6) is 0.320. The third-order valence-electron chi connectivity index (χ3n) is 3.49. The maximum atomic E-state index is 11.5. The van der Waals surface area contributed by atoms with Crippen LogP contribution in [0.1, 0.15) is 26.7 Å². The van der Waals surface area contributed by atoms with E-state index >= 15 is 0 Å². The summed E-state index contributed by atoms with van der Waals surface area (Å²) in [4.78, 5) is 15.9. The Balaban J connectivity index is 2.13. The Morgan fingerprint density at radius 3 is 2.69 bits per heavy atom. The van der Waals surface area contributed by atoms with E-state index in [0.29, 0.717) is 24.0 Å². The van der Waals surface area contributed by atoms with E-state index in [0.717, 1.165) is 19.4 Å². The first kappa shape index (κ1) is 9.00. The van der Waals surface area contributed by atoms with Gasteiger partial charge in [-0.1, -0.05) is 0 Å². The van der Waals surface area contributed by atoms with Gasteiger partial charge in [0, 0.05) is 38.1 Å². The summed E-state index contributed by atoms with van der Waals surface area (Å²) in [6.45, 7) is 5.58. The molecular weight excluding hydrogens is 164 g/mol. The molecule has 0 bridgehead atoms. The van der Waals surface area contributed by atoms with Gasteiger partial charge in [-0.25, -0.2) is 0 Å². The molecule has 0 aromatic rings. The van der Waals surface area contributed by atoms with Crippen LogP contribution in [0.2, 0.25) is 0 Å². The number of amides is 1. The number of fused-ring (bicyclic) bond motifs is 1. The highest BCUT2D eigenvalue weighted by Gasteiger charge is 2.45. The fourth-order valence-electron chi connectivity index (χ4n) is 2.71. The van der Waals surface area contributed by atoms with Crippen molar-refractivity contribution in [1.82, 2.24) is 9.80 Å². The number of nitrogens with zero attached hydrogens (tertiary/aromatic N) is 2. The van der Waals surface area contributed by atoms with Crippen LogP contribution in [0.15, 0.2) is 0 Å². The van der Waals surface area contributed by atoms with Crippen LogP contribution in [-0.2, 0) is 4.79 Å². The predicted molar refractivity (Wildman–Crippen MR) is 51.4 cm³/mol. The topological polar surface area (TPSA) is 23.6 Å². The van der Waals surface area contributed by atoms with Crippen molar-refractivity contribution in [1.29, 1.82) is 0 Å². The minimum absolute atomic E-state index is 0.320. The second-order valence-electron chi connectivity index (χ2n) is 4.46. The Hall–Kier alpha value is -0.570. The van der Waals surface area contributed by atoms with Crippen molar-refractivity contribution in [3.8, 4) is 0 Å². The smallest absolute Gasteiger partial charge is 0.224 e. The fraction of sp³-hybridized carbons (Fsp3) is 0.900. The number of likely N-dealkylation sites (tertiary alicyclic amines) is 2. The maximum absolute atomic E-state index is 11.5. The second kappa shape index (κ2) is 2.98. The molecule has 2 aliphatic heterocycles. The Morgan fingerprint density at radius 1 is 1.38 bits per heavy atom. The lowest BCUT2D eigenvalue weighted by Gasteiger charge is -2.26. The molecule has 0 aromatic carbocycles. The van der Waals surface area contributed by atoms with Crippen LogP contribution in [-0.4, -0.2) is 47.4 Å². The van der Waals surface area contributed by atoms with Crippen LogP contribution < -0.4 is 0 Å². The zero-order chi connectivity index (χ0) is 9.59. The molecule has 1 amide bonds. The van der Waals surface area contributed by atoms with Crippen molar-refractivity contribution in [3.05, 3.63) is 0 Å². The van der Waals surface area contributed by atoms with E-state index < -0.39 is 0 Å². The number of hydrogen-bond donors (Lipinski definition) is 0. The van der Waals surface area contributed by atoms with Gasteiger partial charge in [-0.15, -0.1) is 0 Å². The molecule has 0 radical (unpaired) electrons. The van der Waals surface area contributed by atoms with E-state index in [9.17, 15) is 4.79 Å². The van der Waals surface area contributed by atoms with Crippen molar-refractivity contribution >= 4 is 5.91 Å². The summed E-state index contributed by atoms with van der Waals surface area (Å²) in [6.07, 6.45) is 1.89. The van der Waals surface area contributed by atoms with Crippen LogP contribution in [0.3, 0.4) is 0 Å². The van der Waals surface area contributed by atoms with E-state index in [1.807, 2.05) is 11.9 Å². The highest BCUT2D eigenvalue weighted by Crippen LogP contribution is 2.32. The SMILES string of the molecule is CC(C)N1CCC2C1CC(=O)N2C. The summed E-state index contributed by atoms with van der Waals surface area (Å²) in [5, 5.41) is 0. The lowest BCUT2D eigenvalue weighted by Crippen LogP contribution is -2.38. The summed E-state index contributed by atoms with van der Waals surface area (Å²) >= 11 is 0. The van der Waals surface area contributed by atoms with Gasteiger partial charge < -0.3 is 4.90 Å². The Labute approximate surface area is 79.7 Å². The normalized spacial score (nSPS) is 34.8. The minimum Gasteiger partial charge on any atom is -0.341 e. The third kappa shape index (κ3) is 1.26. The number of hydrogen-bond acceptors (Lipinski definition) is 2. The Morgan fingerprint density at radius 2 is 2.08 bits per heavy atom. The van der Waals surface area contributed by atoms with Gasteiger partial charge in [0.15, 0.2) is 0 Å². The van der Waals surface area contributed by atoms with Gasteiger partial charge in [-0.05, 0) is 20.3 Å². The molecule has 0 spiro atoms. The number of likely N-dealkylation sites (N-methyl/N-ethyl adjacent to an activating group) is 1. The first-order chi connectivity index (χ1) is 6.11. The fourth-order valence-corrected chi connectivity index (χ4v) is 2.71. The molecule has 2 saturated heterocycles. The molecule has 2 aliphatic rings. The molecule has 0 N–H and O–H groups in total. The van der Waals surface area contributed by atoms with E-state index in [2.05, 4.69) is 18.7 Å². The molecule has 13 heavy (non-hydrogen) atoms. The van der Waals surface area contributed by atoms with Crippen molar-refractivity contribution in [2.24, 2.45) is 0 Å². The molecule has 2 rings (SSSR count). The van der Waals surface area contributed by atoms with E-state index in [1.165, 1.54) is 0 Å². The van der Waals surface area contributed by atoms with E-state index in [1.54, 1.807) is 0 Å². The van der Waals surface area contributed by atoms with Crippen molar-refractivity contribution in [2.75, 3.05) is 13.6 Å². The lowest BCUT2D eigenvalue weighted by atomic mass is 10.1. The van der Waals surface area contributed by atoms with Crippen molar-refractivity contribution < 1.29 is 4.79 Å². The lowest BCUT2D eigenvalue weighted by molar-refractivity contribution is -0.127. The summed E-state index contributed by atoms with van der Waals surface area (Å²) < 4.78 is 0. The molecule has 2 heterocycles. The first-order valence-electron chi connectivity index (χ1n) is 5.12. The highest BCUT2D eigenvalue weighted by molar-refractivity contribution is 5.79. The molecule has 0 aliphatic carbocycles. The van der Waals surface area contributed by atoms with Crippen LogP contribution >= 0.6 is 0 Å². The van der Waals surface area contributed by atoms with Gasteiger partial charge in [0.25, 0.3) is 0 Å². The average molecular weight is 182 g/mol. The maximum Gasteiger partial charge on any atom is 0.224 e. The summed E-state index contributed by atoms with van der Waals surface area (Å²) in [7, 11) is 1.94. The second-order valence-corrected chi connectivity index (χ2v) is 4.46. The molecule has 2 atom stereocenters. The third-order valence-corrected chi connectivity index (χ3v) is 3.49. The molecule has 2 unspecified atom stereocenters. The average Bonchev–Trinajstić information content (AvgIpc) is 2.55. The number of carbonyl (C=O) groups is 1. The molecule has 3 nitrogen and oxygen atoms in total. The van der Waals surface area contributed by atoms with Crippen molar-refractivity contribution in [2.45, 2.75) is 44.8 Å². The van der Waals surface area contributed by atoms with Gasteiger partial charge in [-0.2, -0.15) is 0 Å². The van der Waals surface area contributed by atoms with Crippen LogP contribution in [0.25, 0.3) is 0 Å². The van der Waals surface area contributed by atoms with Crippen molar-refractivity contribution in [3.63, 3.8) is 0 Å².